The van der Waals surface area contributed by atoms with Crippen LogP contribution in [-0.2, 0) is 11.2 Å². The topological polar surface area (TPSA) is 50.2 Å². The summed E-state index contributed by atoms with van der Waals surface area (Å²) in [6.07, 6.45) is 1.53. The summed E-state index contributed by atoms with van der Waals surface area (Å²) in [6, 6.07) is 8.49. The number of pyridine rings is 1. The monoisotopic (exact) mass is 281 g/mol. The Hall–Kier alpha value is -1.58. The second-order valence-corrected chi connectivity index (χ2v) is 4.59. The van der Waals surface area contributed by atoms with E-state index in [1.54, 1.807) is 36.5 Å². The smallest absolute Gasteiger partial charge is 0.307 e. The van der Waals surface area contributed by atoms with Gasteiger partial charge in [-0.05, 0) is 35.9 Å². The molecule has 0 aliphatic carbocycles. The van der Waals surface area contributed by atoms with Gasteiger partial charge in [0.2, 0.25) is 0 Å². The van der Waals surface area contributed by atoms with Crippen LogP contribution in [-0.4, -0.2) is 16.1 Å². The zero-order valence-corrected chi connectivity index (χ0v) is 10.7. The van der Waals surface area contributed by atoms with Crippen LogP contribution in [0.15, 0.2) is 36.5 Å². The van der Waals surface area contributed by atoms with Crippen LogP contribution in [0.5, 0.6) is 0 Å². The number of aliphatic carboxylic acids is 1. The van der Waals surface area contributed by atoms with Gasteiger partial charge in [-0.25, -0.2) is 0 Å². The summed E-state index contributed by atoms with van der Waals surface area (Å²) in [5.74, 6) is -0.880. The van der Waals surface area contributed by atoms with Gasteiger partial charge in [-0.15, -0.1) is 0 Å². The largest absolute Gasteiger partial charge is 0.481 e. The molecule has 0 atom stereocenters. The number of rotatable bonds is 3. The minimum Gasteiger partial charge on any atom is -0.481 e. The molecule has 1 heterocycles. The molecule has 0 aliphatic rings. The van der Waals surface area contributed by atoms with E-state index in [2.05, 4.69) is 4.98 Å². The van der Waals surface area contributed by atoms with Gasteiger partial charge in [0, 0.05) is 16.8 Å². The SMILES string of the molecule is O=C(O)Cc1ccnc(-c2ccc(Cl)cc2Cl)c1. The van der Waals surface area contributed by atoms with E-state index in [4.69, 9.17) is 28.3 Å². The molecule has 1 aromatic carbocycles. The molecule has 2 aromatic rings. The Morgan fingerprint density at radius 1 is 1.22 bits per heavy atom. The summed E-state index contributed by atoms with van der Waals surface area (Å²) in [7, 11) is 0. The van der Waals surface area contributed by atoms with E-state index in [9.17, 15) is 4.79 Å². The first-order valence-electron chi connectivity index (χ1n) is 5.18. The number of carboxylic acids is 1. The molecule has 3 nitrogen and oxygen atoms in total. The van der Waals surface area contributed by atoms with Crippen molar-refractivity contribution in [2.24, 2.45) is 0 Å². The summed E-state index contributed by atoms with van der Waals surface area (Å²) in [5, 5.41) is 9.79. The van der Waals surface area contributed by atoms with Crippen LogP contribution in [0.4, 0.5) is 0 Å². The predicted octanol–water partition coefficient (Wildman–Crippen LogP) is 3.68. The van der Waals surface area contributed by atoms with Crippen molar-refractivity contribution >= 4 is 29.2 Å². The minimum absolute atomic E-state index is 0.0409. The number of hydrogen-bond donors (Lipinski definition) is 1. The Balaban J connectivity index is 2.41. The Bertz CT molecular complexity index is 599. The number of nitrogens with zero attached hydrogens (tertiary/aromatic N) is 1. The van der Waals surface area contributed by atoms with Crippen LogP contribution in [0.3, 0.4) is 0 Å². The van der Waals surface area contributed by atoms with Crippen molar-refractivity contribution in [1.82, 2.24) is 4.98 Å². The molecule has 0 fully saturated rings. The Labute approximate surface area is 114 Å². The Morgan fingerprint density at radius 3 is 2.67 bits per heavy atom. The molecule has 1 aromatic heterocycles. The maximum Gasteiger partial charge on any atom is 0.307 e. The van der Waals surface area contributed by atoms with E-state index in [-0.39, 0.29) is 6.42 Å². The fourth-order valence-electron chi connectivity index (χ4n) is 1.60. The second-order valence-electron chi connectivity index (χ2n) is 3.74. The van der Waals surface area contributed by atoms with E-state index >= 15 is 0 Å². The molecule has 0 aliphatic heterocycles. The molecule has 0 saturated carbocycles. The third-order valence-corrected chi connectivity index (χ3v) is 2.93. The lowest BCUT2D eigenvalue weighted by molar-refractivity contribution is -0.136. The van der Waals surface area contributed by atoms with Gasteiger partial charge < -0.3 is 5.11 Å². The molecule has 0 amide bonds. The van der Waals surface area contributed by atoms with E-state index < -0.39 is 5.97 Å². The van der Waals surface area contributed by atoms with Gasteiger partial charge in [0.15, 0.2) is 0 Å². The van der Waals surface area contributed by atoms with Crippen LogP contribution in [0.2, 0.25) is 10.0 Å². The Kier molecular flexibility index (Phi) is 3.84. The number of carbonyl (C=O) groups is 1. The van der Waals surface area contributed by atoms with E-state index in [0.29, 0.717) is 21.3 Å². The standard InChI is InChI=1S/C13H9Cl2NO2/c14-9-1-2-10(11(15)7-9)12-5-8(3-4-16-12)6-13(17)18/h1-5,7H,6H2,(H,17,18). The number of carboxylic acid groups (broad SMARTS) is 1. The van der Waals surface area contributed by atoms with E-state index in [1.165, 1.54) is 0 Å². The zero-order chi connectivity index (χ0) is 13.1. The Morgan fingerprint density at radius 2 is 2.00 bits per heavy atom. The number of aromatic nitrogens is 1. The highest BCUT2D eigenvalue weighted by Gasteiger charge is 2.07. The van der Waals surface area contributed by atoms with Gasteiger partial charge in [-0.1, -0.05) is 23.2 Å². The molecule has 92 valence electrons. The number of benzene rings is 1. The maximum absolute atomic E-state index is 10.7. The second kappa shape index (κ2) is 5.38. The fourth-order valence-corrected chi connectivity index (χ4v) is 2.11. The van der Waals surface area contributed by atoms with E-state index in [0.717, 1.165) is 5.56 Å². The molecule has 1 N–H and O–H groups in total. The number of hydrogen-bond acceptors (Lipinski definition) is 2. The van der Waals surface area contributed by atoms with Crippen LogP contribution >= 0.6 is 23.2 Å². The molecular weight excluding hydrogens is 273 g/mol. The summed E-state index contributed by atoms with van der Waals surface area (Å²) < 4.78 is 0. The highest BCUT2D eigenvalue weighted by molar-refractivity contribution is 6.36. The lowest BCUT2D eigenvalue weighted by Crippen LogP contribution is -2.00. The van der Waals surface area contributed by atoms with Crippen LogP contribution < -0.4 is 0 Å². The van der Waals surface area contributed by atoms with Crippen molar-refractivity contribution in [2.75, 3.05) is 0 Å². The third kappa shape index (κ3) is 3.00. The normalized spacial score (nSPS) is 10.3. The van der Waals surface area contributed by atoms with Crippen molar-refractivity contribution in [3.63, 3.8) is 0 Å². The summed E-state index contributed by atoms with van der Waals surface area (Å²) in [6.45, 7) is 0. The highest BCUT2D eigenvalue weighted by atomic mass is 35.5. The van der Waals surface area contributed by atoms with Crippen molar-refractivity contribution in [3.8, 4) is 11.3 Å². The first-order chi connectivity index (χ1) is 8.56. The van der Waals surface area contributed by atoms with Crippen molar-refractivity contribution < 1.29 is 9.90 Å². The van der Waals surface area contributed by atoms with Crippen molar-refractivity contribution in [1.29, 1.82) is 0 Å². The quantitative estimate of drug-likeness (QED) is 0.934. The lowest BCUT2D eigenvalue weighted by Gasteiger charge is -2.05. The van der Waals surface area contributed by atoms with Crippen LogP contribution in [0.25, 0.3) is 11.3 Å². The highest BCUT2D eigenvalue weighted by Crippen LogP contribution is 2.29. The number of halogens is 2. The molecule has 5 heteroatoms. The van der Waals surface area contributed by atoms with Gasteiger partial charge >= 0.3 is 5.97 Å². The van der Waals surface area contributed by atoms with Gasteiger partial charge in [0.1, 0.15) is 0 Å². The van der Waals surface area contributed by atoms with Gasteiger partial charge in [0.05, 0.1) is 17.1 Å². The average Bonchev–Trinajstić information content (AvgIpc) is 2.28. The van der Waals surface area contributed by atoms with Gasteiger partial charge in [0.25, 0.3) is 0 Å². The minimum atomic E-state index is -0.880. The van der Waals surface area contributed by atoms with Gasteiger partial charge in [-0.2, -0.15) is 0 Å². The average molecular weight is 282 g/mol. The molecule has 0 bridgehead atoms. The third-order valence-electron chi connectivity index (χ3n) is 2.39. The molecule has 0 unspecified atom stereocenters. The lowest BCUT2D eigenvalue weighted by atomic mass is 10.1. The summed E-state index contributed by atoms with van der Waals surface area (Å²) in [5.41, 5.74) is 2.04. The van der Waals surface area contributed by atoms with Crippen molar-refractivity contribution in [2.45, 2.75) is 6.42 Å². The fraction of sp³-hybridized carbons (Fsp3) is 0.0769. The molecule has 2 rings (SSSR count). The predicted molar refractivity (Wildman–Crippen MR) is 71.0 cm³/mol. The molecule has 0 spiro atoms. The first kappa shape index (κ1) is 12.9. The van der Waals surface area contributed by atoms with Gasteiger partial charge in [-0.3, -0.25) is 9.78 Å². The van der Waals surface area contributed by atoms with Crippen LogP contribution in [0, 0.1) is 0 Å². The van der Waals surface area contributed by atoms with E-state index in [1.807, 2.05) is 0 Å². The summed E-state index contributed by atoms with van der Waals surface area (Å²) in [4.78, 5) is 14.9. The van der Waals surface area contributed by atoms with Crippen LogP contribution in [0.1, 0.15) is 5.56 Å². The first-order valence-corrected chi connectivity index (χ1v) is 5.94. The molecular formula is C13H9Cl2NO2. The van der Waals surface area contributed by atoms with Crippen molar-refractivity contribution in [3.05, 3.63) is 52.1 Å². The molecule has 0 saturated heterocycles. The maximum atomic E-state index is 10.7. The molecule has 18 heavy (non-hydrogen) atoms. The zero-order valence-electron chi connectivity index (χ0n) is 9.23. The summed E-state index contributed by atoms with van der Waals surface area (Å²) >= 11 is 11.9. The molecule has 0 radical (unpaired) electrons.